The second-order valence-corrected chi connectivity index (χ2v) is 11.7. The number of nitrogens with zero attached hydrogens (tertiary/aromatic N) is 5. The number of nitriles is 1. The van der Waals surface area contributed by atoms with Crippen molar-refractivity contribution in [1.29, 1.82) is 5.26 Å². The van der Waals surface area contributed by atoms with Crippen LogP contribution >= 0.6 is 24.0 Å². The van der Waals surface area contributed by atoms with Gasteiger partial charge in [0.25, 0.3) is 11.5 Å². The van der Waals surface area contributed by atoms with Crippen molar-refractivity contribution in [2.24, 2.45) is 7.05 Å². The van der Waals surface area contributed by atoms with Gasteiger partial charge in [0.2, 0.25) is 0 Å². The van der Waals surface area contributed by atoms with E-state index in [2.05, 4.69) is 40.1 Å². The highest BCUT2D eigenvalue weighted by Crippen LogP contribution is 2.36. The van der Waals surface area contributed by atoms with Gasteiger partial charge in [-0.1, -0.05) is 84.6 Å². The molecule has 0 spiro atoms. The standard InChI is InChI=1S/C31H31N5O2S2/c1-22-25(19-27-30(38)36(31(39)40-27)14-13-23-9-5-3-6-10-23)28(33(2)29(37)26(22)20-32)35-17-15-34(16-18-35)21-24-11-7-4-8-12-24/h3-12,19H,13-18,21H2,1-2H3/b27-19-. The highest BCUT2D eigenvalue weighted by molar-refractivity contribution is 8.26. The lowest BCUT2D eigenvalue weighted by Gasteiger charge is -2.37. The van der Waals surface area contributed by atoms with Crippen LogP contribution in [0.3, 0.4) is 0 Å². The number of pyridine rings is 1. The maximum absolute atomic E-state index is 13.5. The average molecular weight is 570 g/mol. The minimum Gasteiger partial charge on any atom is -0.355 e. The zero-order valence-electron chi connectivity index (χ0n) is 22.7. The maximum atomic E-state index is 13.5. The van der Waals surface area contributed by atoms with Gasteiger partial charge in [0, 0.05) is 51.9 Å². The van der Waals surface area contributed by atoms with Crippen LogP contribution in [0.25, 0.3) is 6.08 Å². The van der Waals surface area contributed by atoms with Gasteiger partial charge in [0.05, 0.1) is 4.91 Å². The molecule has 2 aromatic carbocycles. The molecule has 3 aromatic rings. The predicted octanol–water partition coefficient (Wildman–Crippen LogP) is 4.33. The largest absolute Gasteiger partial charge is 0.355 e. The molecule has 2 saturated heterocycles. The lowest BCUT2D eigenvalue weighted by molar-refractivity contribution is -0.122. The van der Waals surface area contributed by atoms with E-state index in [9.17, 15) is 14.9 Å². The summed E-state index contributed by atoms with van der Waals surface area (Å²) in [6.07, 6.45) is 2.53. The van der Waals surface area contributed by atoms with Gasteiger partial charge in [-0.15, -0.1) is 0 Å². The molecule has 2 aliphatic rings. The van der Waals surface area contributed by atoms with E-state index < -0.39 is 0 Å². The van der Waals surface area contributed by atoms with Crippen molar-refractivity contribution in [2.75, 3.05) is 37.6 Å². The molecule has 40 heavy (non-hydrogen) atoms. The minimum absolute atomic E-state index is 0.0970. The van der Waals surface area contributed by atoms with Gasteiger partial charge < -0.3 is 4.90 Å². The molecule has 2 fully saturated rings. The first-order chi connectivity index (χ1) is 19.4. The molecule has 0 N–H and O–H groups in total. The van der Waals surface area contributed by atoms with Crippen LogP contribution < -0.4 is 10.5 Å². The molecule has 0 bridgehead atoms. The summed E-state index contributed by atoms with van der Waals surface area (Å²) in [6.45, 7) is 6.29. The Hall–Kier alpha value is -3.71. The third-order valence-electron chi connectivity index (χ3n) is 7.50. The SMILES string of the molecule is Cc1c(/C=C2\SC(=S)N(CCc3ccccc3)C2=O)c(N2CCN(Cc3ccccc3)CC2)n(C)c(=O)c1C#N. The van der Waals surface area contributed by atoms with Crippen LogP contribution in [0.4, 0.5) is 5.82 Å². The van der Waals surface area contributed by atoms with Gasteiger partial charge >= 0.3 is 0 Å². The molecule has 5 rings (SSSR count). The summed E-state index contributed by atoms with van der Waals surface area (Å²) < 4.78 is 2.08. The topological polar surface area (TPSA) is 72.6 Å². The van der Waals surface area contributed by atoms with Crippen LogP contribution in [-0.4, -0.2) is 57.3 Å². The third kappa shape index (κ3) is 5.75. The maximum Gasteiger partial charge on any atom is 0.270 e. The van der Waals surface area contributed by atoms with Crippen LogP contribution in [0.15, 0.2) is 70.4 Å². The van der Waals surface area contributed by atoms with Crippen molar-refractivity contribution in [3.8, 4) is 6.07 Å². The predicted molar refractivity (Wildman–Crippen MR) is 165 cm³/mol. The fraction of sp³-hybridized carbons (Fsp3) is 0.290. The molecule has 1 aromatic heterocycles. The van der Waals surface area contributed by atoms with E-state index in [1.807, 2.05) is 42.5 Å². The van der Waals surface area contributed by atoms with Crippen LogP contribution in [0.5, 0.6) is 0 Å². The summed E-state index contributed by atoms with van der Waals surface area (Å²) >= 11 is 6.86. The van der Waals surface area contributed by atoms with E-state index in [-0.39, 0.29) is 17.0 Å². The Kier molecular flexibility index (Phi) is 8.50. The summed E-state index contributed by atoms with van der Waals surface area (Å²) in [5, 5.41) is 9.79. The first kappa shape index (κ1) is 27.8. The number of carbonyl (C=O) groups excluding carboxylic acids is 1. The number of carbonyl (C=O) groups is 1. The minimum atomic E-state index is -0.325. The van der Waals surface area contributed by atoms with Crippen molar-refractivity contribution < 1.29 is 4.79 Å². The highest BCUT2D eigenvalue weighted by atomic mass is 32.2. The van der Waals surface area contributed by atoms with E-state index in [1.165, 1.54) is 17.3 Å². The van der Waals surface area contributed by atoms with Crippen molar-refractivity contribution in [3.05, 3.63) is 104 Å². The van der Waals surface area contributed by atoms with Gasteiger partial charge in [-0.2, -0.15) is 5.26 Å². The summed E-state index contributed by atoms with van der Waals surface area (Å²) in [6, 6.07) is 22.5. The van der Waals surface area contributed by atoms with Crippen LogP contribution in [-0.2, 0) is 24.8 Å². The summed E-state index contributed by atoms with van der Waals surface area (Å²) in [5.41, 5.74) is 3.49. The third-order valence-corrected chi connectivity index (χ3v) is 8.88. The number of thiocarbonyl (C=S) groups is 1. The number of benzene rings is 2. The molecular weight excluding hydrogens is 539 g/mol. The zero-order valence-corrected chi connectivity index (χ0v) is 24.3. The van der Waals surface area contributed by atoms with Crippen LogP contribution in [0.1, 0.15) is 27.8 Å². The second-order valence-electron chi connectivity index (χ2n) is 10.0. The number of piperazine rings is 1. The Labute approximate surface area is 244 Å². The number of anilines is 1. The first-order valence-electron chi connectivity index (χ1n) is 13.3. The lowest BCUT2D eigenvalue weighted by Crippen LogP contribution is -2.48. The quantitative estimate of drug-likeness (QED) is 0.310. The van der Waals surface area contributed by atoms with Crippen molar-refractivity contribution in [3.63, 3.8) is 0 Å². The summed E-state index contributed by atoms with van der Waals surface area (Å²) in [5.74, 6) is 0.590. The Balaban J connectivity index is 1.42. The highest BCUT2D eigenvalue weighted by Gasteiger charge is 2.33. The van der Waals surface area contributed by atoms with E-state index >= 15 is 0 Å². The lowest BCUT2D eigenvalue weighted by atomic mass is 10.0. The monoisotopic (exact) mass is 569 g/mol. The molecule has 7 nitrogen and oxygen atoms in total. The first-order valence-corrected chi connectivity index (χ1v) is 14.5. The Morgan fingerprint density at radius 3 is 2.23 bits per heavy atom. The molecule has 204 valence electrons. The van der Waals surface area contributed by atoms with Gasteiger partial charge in [0.15, 0.2) is 0 Å². The Morgan fingerprint density at radius 1 is 0.975 bits per heavy atom. The Bertz CT molecular complexity index is 1550. The summed E-state index contributed by atoms with van der Waals surface area (Å²) in [7, 11) is 1.71. The van der Waals surface area contributed by atoms with Gasteiger partial charge in [-0.25, -0.2) is 0 Å². The number of hydrogen-bond acceptors (Lipinski definition) is 7. The number of amides is 1. The van der Waals surface area contributed by atoms with Crippen molar-refractivity contribution in [2.45, 2.75) is 19.9 Å². The Morgan fingerprint density at radius 2 is 1.60 bits per heavy atom. The smallest absolute Gasteiger partial charge is 0.270 e. The van der Waals surface area contributed by atoms with Gasteiger partial charge in [-0.05, 0) is 36.1 Å². The molecule has 9 heteroatoms. The average Bonchev–Trinajstić information content (AvgIpc) is 3.24. The van der Waals surface area contributed by atoms with Gasteiger partial charge in [0.1, 0.15) is 21.8 Å². The van der Waals surface area contributed by atoms with E-state index in [4.69, 9.17) is 12.2 Å². The molecule has 0 saturated carbocycles. The molecule has 0 atom stereocenters. The normalized spacial score (nSPS) is 17.1. The molecule has 0 aliphatic carbocycles. The zero-order chi connectivity index (χ0) is 28.2. The van der Waals surface area contributed by atoms with Crippen molar-refractivity contribution >= 4 is 46.1 Å². The van der Waals surface area contributed by atoms with Gasteiger partial charge in [-0.3, -0.25) is 24.0 Å². The van der Waals surface area contributed by atoms with Crippen LogP contribution in [0, 0.1) is 18.3 Å². The molecule has 2 aliphatic heterocycles. The number of hydrogen-bond donors (Lipinski definition) is 0. The fourth-order valence-electron chi connectivity index (χ4n) is 5.26. The molecule has 3 heterocycles. The van der Waals surface area contributed by atoms with E-state index in [1.54, 1.807) is 23.4 Å². The molecule has 0 radical (unpaired) electrons. The number of aromatic nitrogens is 1. The second kappa shape index (κ2) is 12.2. The number of rotatable bonds is 7. The molecule has 0 unspecified atom stereocenters. The van der Waals surface area contributed by atoms with Crippen LogP contribution in [0.2, 0.25) is 0 Å². The van der Waals surface area contributed by atoms with E-state index in [0.717, 1.165) is 49.7 Å². The van der Waals surface area contributed by atoms with E-state index in [0.29, 0.717) is 27.8 Å². The summed E-state index contributed by atoms with van der Waals surface area (Å²) in [4.78, 5) is 33.4. The molecule has 1 amide bonds. The fourth-order valence-corrected chi connectivity index (χ4v) is 6.55. The molecular formula is C31H31N5O2S2. The number of thioether (sulfide) groups is 1. The van der Waals surface area contributed by atoms with Crippen molar-refractivity contribution in [1.82, 2.24) is 14.4 Å².